The van der Waals surface area contributed by atoms with Gasteiger partial charge in [0.25, 0.3) is 0 Å². The summed E-state index contributed by atoms with van der Waals surface area (Å²) in [6, 6.07) is 25.6. The first-order valence-electron chi connectivity index (χ1n) is 11.3. The van der Waals surface area contributed by atoms with E-state index in [1.54, 1.807) is 23.5 Å². The third-order valence-corrected chi connectivity index (χ3v) is 7.86. The highest BCUT2D eigenvalue weighted by atomic mass is 32.2. The lowest BCUT2D eigenvalue weighted by molar-refractivity contribution is 0.344. The normalized spacial score (nSPS) is 13.8. The van der Waals surface area contributed by atoms with E-state index in [0.717, 1.165) is 26.4 Å². The fraction of sp³-hybridized carbons (Fsp3) is 0.192. The highest BCUT2D eigenvalue weighted by molar-refractivity contribution is 7.88. The molecule has 7 nitrogen and oxygen atoms in total. The van der Waals surface area contributed by atoms with Gasteiger partial charge < -0.3 is 4.74 Å². The number of hydrogen-bond donors (Lipinski definition) is 1. The van der Waals surface area contributed by atoms with E-state index in [0.29, 0.717) is 31.1 Å². The molecule has 1 aromatic heterocycles. The van der Waals surface area contributed by atoms with Crippen molar-refractivity contribution < 1.29 is 13.2 Å². The Morgan fingerprint density at radius 1 is 0.914 bits per heavy atom. The van der Waals surface area contributed by atoms with Gasteiger partial charge in [-0.1, -0.05) is 66.7 Å². The van der Waals surface area contributed by atoms with Gasteiger partial charge in [-0.2, -0.15) is 5.10 Å². The average Bonchev–Trinajstić information content (AvgIpc) is 3.27. The number of ether oxygens (including phenoxy) is 1. The molecule has 0 unspecified atom stereocenters. The van der Waals surface area contributed by atoms with Crippen molar-refractivity contribution in [3.05, 3.63) is 89.4 Å². The number of nitrogens with one attached hydrogen (secondary N) is 1. The van der Waals surface area contributed by atoms with Crippen LogP contribution in [0.2, 0.25) is 0 Å². The van der Waals surface area contributed by atoms with Crippen LogP contribution >= 0.6 is 11.3 Å². The van der Waals surface area contributed by atoms with Crippen LogP contribution in [0.15, 0.2) is 89.1 Å². The quantitative estimate of drug-likeness (QED) is 0.354. The van der Waals surface area contributed by atoms with Crippen LogP contribution in [-0.4, -0.2) is 38.2 Å². The minimum Gasteiger partial charge on any atom is -0.473 e. The Morgan fingerprint density at radius 3 is 2.43 bits per heavy atom. The van der Waals surface area contributed by atoms with Gasteiger partial charge in [-0.3, -0.25) is 0 Å². The SMILES string of the molecule is O=S(=O)(Cc1ccccc1)NCCC1=NN=C(Cc2nc3ccc(-c4ccccc4)cc3s2)OC1. The first-order valence-corrected chi connectivity index (χ1v) is 13.7. The predicted octanol–water partition coefficient (Wildman–Crippen LogP) is 4.80. The Bertz CT molecular complexity index is 1480. The highest BCUT2D eigenvalue weighted by Crippen LogP contribution is 2.28. The van der Waals surface area contributed by atoms with Crippen LogP contribution in [0.4, 0.5) is 0 Å². The van der Waals surface area contributed by atoms with E-state index >= 15 is 0 Å². The predicted molar refractivity (Wildman–Crippen MR) is 141 cm³/mol. The first-order chi connectivity index (χ1) is 17.0. The van der Waals surface area contributed by atoms with Crippen LogP contribution in [0.3, 0.4) is 0 Å². The standard InChI is InChI=1S/C26H24N4O3S2/c31-35(32,18-19-7-3-1-4-8-19)27-14-13-22-17-33-25(30-29-22)16-26-28-23-12-11-21(15-24(23)34-26)20-9-5-2-6-10-20/h1-12,15,27H,13-14,16-18H2. The second kappa shape index (κ2) is 10.5. The number of rotatable bonds is 9. The molecule has 2 heterocycles. The number of hydrogen-bond acceptors (Lipinski definition) is 7. The summed E-state index contributed by atoms with van der Waals surface area (Å²) in [5, 5.41) is 9.35. The third-order valence-electron chi connectivity index (χ3n) is 5.49. The Hall–Kier alpha value is -3.40. The van der Waals surface area contributed by atoms with Crippen LogP contribution in [0.25, 0.3) is 21.3 Å². The van der Waals surface area contributed by atoms with Crippen molar-refractivity contribution in [3.8, 4) is 11.1 Å². The third kappa shape index (κ3) is 6.19. The van der Waals surface area contributed by atoms with Crippen molar-refractivity contribution in [2.75, 3.05) is 13.2 Å². The summed E-state index contributed by atoms with van der Waals surface area (Å²) in [7, 11) is -3.41. The molecule has 35 heavy (non-hydrogen) atoms. The lowest BCUT2D eigenvalue weighted by Crippen LogP contribution is -2.29. The highest BCUT2D eigenvalue weighted by Gasteiger charge is 2.16. The van der Waals surface area contributed by atoms with E-state index in [9.17, 15) is 8.42 Å². The molecule has 1 aliphatic heterocycles. The van der Waals surface area contributed by atoms with Gasteiger partial charge in [-0.05, 0) is 28.8 Å². The maximum absolute atomic E-state index is 12.3. The van der Waals surface area contributed by atoms with Crippen LogP contribution in [0.1, 0.15) is 17.0 Å². The molecule has 0 fully saturated rings. The van der Waals surface area contributed by atoms with Crippen LogP contribution < -0.4 is 4.72 Å². The molecule has 5 rings (SSSR count). The molecule has 0 radical (unpaired) electrons. The number of aromatic nitrogens is 1. The van der Waals surface area contributed by atoms with Crippen molar-refractivity contribution in [3.63, 3.8) is 0 Å². The van der Waals surface area contributed by atoms with E-state index in [1.807, 2.05) is 42.5 Å². The molecule has 0 bridgehead atoms. The number of nitrogens with zero attached hydrogens (tertiary/aromatic N) is 3. The number of sulfonamides is 1. The molecular formula is C26H24N4O3S2. The number of fused-ring (bicyclic) bond motifs is 1. The summed E-state index contributed by atoms with van der Waals surface area (Å²) < 4.78 is 34.0. The van der Waals surface area contributed by atoms with E-state index in [-0.39, 0.29) is 12.3 Å². The molecule has 9 heteroatoms. The second-order valence-corrected chi connectivity index (χ2v) is 11.1. The fourth-order valence-corrected chi connectivity index (χ4v) is 5.89. The summed E-state index contributed by atoms with van der Waals surface area (Å²) in [5.41, 5.74) is 4.74. The molecule has 1 N–H and O–H groups in total. The van der Waals surface area contributed by atoms with Crippen molar-refractivity contribution in [1.82, 2.24) is 9.71 Å². The summed E-state index contributed by atoms with van der Waals surface area (Å²) in [6.07, 6.45) is 0.911. The largest absolute Gasteiger partial charge is 0.473 e. The molecule has 0 saturated heterocycles. The monoisotopic (exact) mass is 504 g/mol. The molecule has 0 spiro atoms. The molecule has 4 aromatic rings. The lowest BCUT2D eigenvalue weighted by atomic mass is 10.1. The van der Waals surface area contributed by atoms with Crippen LogP contribution in [-0.2, 0) is 26.9 Å². The number of thiazole rings is 1. The summed E-state index contributed by atoms with van der Waals surface area (Å²) in [5.74, 6) is 0.467. The van der Waals surface area contributed by atoms with Crippen molar-refractivity contribution in [2.45, 2.75) is 18.6 Å². The summed E-state index contributed by atoms with van der Waals surface area (Å²) in [4.78, 5) is 4.70. The zero-order chi connectivity index (χ0) is 24.1. The summed E-state index contributed by atoms with van der Waals surface area (Å²) >= 11 is 1.62. The Labute approximate surface area is 208 Å². The molecule has 0 aliphatic carbocycles. The van der Waals surface area contributed by atoms with Gasteiger partial charge in [0.1, 0.15) is 11.6 Å². The minimum absolute atomic E-state index is 0.0475. The molecule has 3 aromatic carbocycles. The average molecular weight is 505 g/mol. The Kier molecular flexibility index (Phi) is 6.98. The van der Waals surface area contributed by atoms with Crippen molar-refractivity contribution in [1.29, 1.82) is 0 Å². The van der Waals surface area contributed by atoms with Gasteiger partial charge in [-0.25, -0.2) is 18.1 Å². The van der Waals surface area contributed by atoms with Crippen LogP contribution in [0.5, 0.6) is 0 Å². The molecule has 1 aliphatic rings. The van der Waals surface area contributed by atoms with Gasteiger partial charge in [0, 0.05) is 13.0 Å². The van der Waals surface area contributed by atoms with E-state index in [1.165, 1.54) is 5.56 Å². The molecule has 178 valence electrons. The van der Waals surface area contributed by atoms with E-state index in [4.69, 9.17) is 9.72 Å². The van der Waals surface area contributed by atoms with E-state index in [2.05, 4.69) is 39.2 Å². The summed E-state index contributed by atoms with van der Waals surface area (Å²) in [6.45, 7) is 0.548. The second-order valence-electron chi connectivity index (χ2n) is 8.17. The number of benzene rings is 3. The van der Waals surface area contributed by atoms with Gasteiger partial charge in [0.15, 0.2) is 0 Å². The lowest BCUT2D eigenvalue weighted by Gasteiger charge is -2.13. The van der Waals surface area contributed by atoms with Crippen molar-refractivity contribution >= 4 is 43.2 Å². The minimum atomic E-state index is -3.41. The Balaban J connectivity index is 1.16. The maximum Gasteiger partial charge on any atom is 0.215 e. The van der Waals surface area contributed by atoms with Gasteiger partial charge in [-0.15, -0.1) is 16.4 Å². The van der Waals surface area contributed by atoms with Crippen LogP contribution in [0, 0.1) is 0 Å². The zero-order valence-corrected chi connectivity index (χ0v) is 20.6. The van der Waals surface area contributed by atoms with Gasteiger partial charge in [0.05, 0.1) is 28.1 Å². The molecular weight excluding hydrogens is 480 g/mol. The molecule has 0 atom stereocenters. The molecule has 0 amide bonds. The zero-order valence-electron chi connectivity index (χ0n) is 18.9. The van der Waals surface area contributed by atoms with Gasteiger partial charge >= 0.3 is 0 Å². The first kappa shape index (κ1) is 23.3. The van der Waals surface area contributed by atoms with E-state index < -0.39 is 10.0 Å². The smallest absolute Gasteiger partial charge is 0.215 e. The Morgan fingerprint density at radius 2 is 1.69 bits per heavy atom. The van der Waals surface area contributed by atoms with Gasteiger partial charge in [0.2, 0.25) is 15.9 Å². The fourth-order valence-electron chi connectivity index (χ4n) is 3.74. The molecule has 0 saturated carbocycles. The maximum atomic E-state index is 12.3. The topological polar surface area (TPSA) is 93.0 Å². The van der Waals surface area contributed by atoms with Crippen molar-refractivity contribution in [2.24, 2.45) is 10.2 Å².